The summed E-state index contributed by atoms with van der Waals surface area (Å²) in [6, 6.07) is 4.82. The summed E-state index contributed by atoms with van der Waals surface area (Å²) in [6.45, 7) is 3.48. The number of nitrogens with zero attached hydrogens (tertiary/aromatic N) is 2. The SMILES string of the molecule is COCCC1=CC(C)(c2ccc(C(F)(F)F)cc2)C(OC(C)(COCc2cncnc2)C(=O)O)C=C1. The van der Waals surface area contributed by atoms with Crippen LogP contribution in [0.5, 0.6) is 0 Å². The molecule has 0 fully saturated rings. The third-order valence-electron chi connectivity index (χ3n) is 6.09. The molecule has 194 valence electrons. The fraction of sp³-hybridized carbons (Fsp3) is 0.423. The highest BCUT2D eigenvalue weighted by Crippen LogP contribution is 2.40. The minimum absolute atomic E-state index is 0.0881. The van der Waals surface area contributed by atoms with Crippen LogP contribution in [0.3, 0.4) is 0 Å². The number of rotatable bonds is 11. The van der Waals surface area contributed by atoms with Gasteiger partial charge in [-0.15, -0.1) is 0 Å². The van der Waals surface area contributed by atoms with E-state index < -0.39 is 34.8 Å². The van der Waals surface area contributed by atoms with Crippen LogP contribution in [0.2, 0.25) is 0 Å². The molecule has 0 amide bonds. The minimum Gasteiger partial charge on any atom is -0.479 e. The van der Waals surface area contributed by atoms with E-state index in [9.17, 15) is 23.1 Å². The average molecular weight is 507 g/mol. The summed E-state index contributed by atoms with van der Waals surface area (Å²) < 4.78 is 56.4. The lowest BCUT2D eigenvalue weighted by molar-refractivity contribution is -0.181. The molecule has 2 aromatic rings. The van der Waals surface area contributed by atoms with Crippen molar-refractivity contribution in [1.82, 2.24) is 9.97 Å². The zero-order valence-corrected chi connectivity index (χ0v) is 20.3. The van der Waals surface area contributed by atoms with Crippen LogP contribution >= 0.6 is 0 Å². The zero-order chi connectivity index (χ0) is 26.4. The first-order chi connectivity index (χ1) is 17.0. The van der Waals surface area contributed by atoms with Crippen molar-refractivity contribution in [1.29, 1.82) is 0 Å². The summed E-state index contributed by atoms with van der Waals surface area (Å²) in [5.74, 6) is -1.23. The third-order valence-corrected chi connectivity index (χ3v) is 6.09. The average Bonchev–Trinajstić information content (AvgIpc) is 2.84. The molecule has 3 unspecified atom stereocenters. The summed E-state index contributed by atoms with van der Waals surface area (Å²) >= 11 is 0. The number of carboxylic acids is 1. The molecule has 10 heteroatoms. The van der Waals surface area contributed by atoms with Crippen LogP contribution in [0, 0.1) is 0 Å². The Hall–Kier alpha value is -3.08. The highest BCUT2D eigenvalue weighted by molar-refractivity contribution is 5.77. The quantitative estimate of drug-likeness (QED) is 0.471. The molecule has 1 aliphatic carbocycles. The fourth-order valence-electron chi connectivity index (χ4n) is 3.92. The molecule has 3 atom stereocenters. The lowest BCUT2D eigenvalue weighted by Gasteiger charge is -2.41. The van der Waals surface area contributed by atoms with Crippen LogP contribution in [0.15, 0.2) is 66.8 Å². The summed E-state index contributed by atoms with van der Waals surface area (Å²) in [7, 11) is 1.58. The second kappa shape index (κ2) is 11.3. The number of ether oxygens (including phenoxy) is 3. The summed E-state index contributed by atoms with van der Waals surface area (Å²) in [5, 5.41) is 9.98. The van der Waals surface area contributed by atoms with Crippen LogP contribution in [-0.2, 0) is 37.2 Å². The van der Waals surface area contributed by atoms with Gasteiger partial charge in [-0.3, -0.25) is 0 Å². The second-order valence-corrected chi connectivity index (χ2v) is 8.99. The van der Waals surface area contributed by atoms with E-state index in [-0.39, 0.29) is 13.2 Å². The van der Waals surface area contributed by atoms with Crippen LogP contribution in [0.4, 0.5) is 13.2 Å². The Morgan fingerprint density at radius 1 is 1.17 bits per heavy atom. The van der Waals surface area contributed by atoms with Gasteiger partial charge in [0.05, 0.1) is 31.5 Å². The van der Waals surface area contributed by atoms with Gasteiger partial charge in [-0.05, 0) is 43.5 Å². The number of methoxy groups -OCH3 is 1. The van der Waals surface area contributed by atoms with Crippen molar-refractivity contribution in [2.75, 3.05) is 20.3 Å². The standard InChI is InChI=1S/C26H29F3N2O5/c1-24(20-5-7-21(8-6-20)26(27,28)29)12-18(10-11-34-3)4-9-22(24)36-25(2,23(32)33)16-35-15-19-13-30-17-31-14-19/h4-9,12-14,17,22H,10-11,15-16H2,1-3H3,(H,32,33). The van der Waals surface area contributed by atoms with E-state index in [1.165, 1.54) is 25.4 Å². The van der Waals surface area contributed by atoms with E-state index in [1.54, 1.807) is 32.5 Å². The predicted octanol–water partition coefficient (Wildman–Crippen LogP) is 4.73. The van der Waals surface area contributed by atoms with Gasteiger partial charge in [0.1, 0.15) is 6.33 Å². The Balaban J connectivity index is 1.88. The number of aromatic nitrogens is 2. The predicted molar refractivity (Wildman–Crippen MR) is 125 cm³/mol. The van der Waals surface area contributed by atoms with E-state index in [2.05, 4.69) is 9.97 Å². The van der Waals surface area contributed by atoms with Gasteiger partial charge < -0.3 is 19.3 Å². The maximum absolute atomic E-state index is 13.1. The number of allylic oxidation sites excluding steroid dienone is 1. The van der Waals surface area contributed by atoms with Gasteiger partial charge in [0, 0.05) is 30.5 Å². The van der Waals surface area contributed by atoms with Crippen molar-refractivity contribution in [2.45, 2.75) is 50.2 Å². The number of benzene rings is 1. The van der Waals surface area contributed by atoms with Crippen LogP contribution in [-0.4, -0.2) is 53.1 Å². The Morgan fingerprint density at radius 3 is 2.42 bits per heavy atom. The highest BCUT2D eigenvalue weighted by Gasteiger charge is 2.44. The lowest BCUT2D eigenvalue weighted by Crippen LogP contribution is -2.50. The first-order valence-electron chi connectivity index (χ1n) is 11.3. The maximum Gasteiger partial charge on any atom is 0.416 e. The Bertz CT molecular complexity index is 1090. The van der Waals surface area contributed by atoms with Gasteiger partial charge in [0.25, 0.3) is 0 Å². The number of alkyl halides is 3. The van der Waals surface area contributed by atoms with Crippen molar-refractivity contribution in [2.24, 2.45) is 0 Å². The summed E-state index contributed by atoms with van der Waals surface area (Å²) in [5.41, 5.74) is -1.34. The number of carbonyl (C=O) groups is 1. The number of carboxylic acid groups (broad SMARTS) is 1. The van der Waals surface area contributed by atoms with Crippen molar-refractivity contribution in [3.05, 3.63) is 83.5 Å². The smallest absolute Gasteiger partial charge is 0.416 e. The topological polar surface area (TPSA) is 90.8 Å². The van der Waals surface area contributed by atoms with Crippen molar-refractivity contribution < 1.29 is 37.3 Å². The molecule has 1 N–H and O–H groups in total. The Morgan fingerprint density at radius 2 is 1.83 bits per heavy atom. The fourth-order valence-corrected chi connectivity index (χ4v) is 3.92. The van der Waals surface area contributed by atoms with Gasteiger partial charge in [-0.25, -0.2) is 14.8 Å². The molecular weight excluding hydrogens is 477 g/mol. The van der Waals surface area contributed by atoms with Crippen molar-refractivity contribution in [3.63, 3.8) is 0 Å². The normalized spacial score (nSPS) is 21.6. The maximum atomic E-state index is 13.1. The van der Waals surface area contributed by atoms with E-state index in [4.69, 9.17) is 14.2 Å². The molecule has 36 heavy (non-hydrogen) atoms. The molecule has 1 aliphatic rings. The molecule has 3 rings (SSSR count). The third kappa shape index (κ3) is 6.57. The van der Waals surface area contributed by atoms with E-state index in [0.29, 0.717) is 24.2 Å². The van der Waals surface area contributed by atoms with Crippen molar-refractivity contribution in [3.8, 4) is 0 Å². The molecule has 0 bridgehead atoms. The summed E-state index contributed by atoms with van der Waals surface area (Å²) in [4.78, 5) is 20.0. The number of hydrogen-bond donors (Lipinski definition) is 1. The van der Waals surface area contributed by atoms with Gasteiger partial charge in [0.2, 0.25) is 0 Å². The van der Waals surface area contributed by atoms with Crippen LogP contribution in [0.1, 0.15) is 37.0 Å². The monoisotopic (exact) mass is 506 g/mol. The van der Waals surface area contributed by atoms with Crippen LogP contribution in [0.25, 0.3) is 0 Å². The van der Waals surface area contributed by atoms with E-state index >= 15 is 0 Å². The highest BCUT2D eigenvalue weighted by atomic mass is 19.4. The molecule has 0 spiro atoms. The number of hydrogen-bond acceptors (Lipinski definition) is 6. The van der Waals surface area contributed by atoms with Crippen molar-refractivity contribution >= 4 is 5.97 Å². The summed E-state index contributed by atoms with van der Waals surface area (Å²) in [6.07, 6.45) is 5.25. The van der Waals surface area contributed by atoms with Gasteiger partial charge in [0.15, 0.2) is 5.60 Å². The minimum atomic E-state index is -4.47. The van der Waals surface area contributed by atoms with E-state index in [0.717, 1.165) is 17.7 Å². The molecule has 0 radical (unpaired) electrons. The first-order valence-corrected chi connectivity index (χ1v) is 11.3. The second-order valence-electron chi connectivity index (χ2n) is 8.99. The van der Waals surface area contributed by atoms with E-state index in [1.807, 2.05) is 12.2 Å². The molecule has 1 aromatic carbocycles. The molecule has 1 heterocycles. The van der Waals surface area contributed by atoms with Gasteiger partial charge in [-0.1, -0.05) is 30.4 Å². The number of aliphatic carboxylic acids is 1. The molecule has 0 saturated carbocycles. The first kappa shape index (κ1) is 27.5. The molecule has 7 nitrogen and oxygen atoms in total. The molecular formula is C26H29F3N2O5. The molecule has 0 saturated heterocycles. The largest absolute Gasteiger partial charge is 0.479 e. The van der Waals surface area contributed by atoms with Gasteiger partial charge in [-0.2, -0.15) is 13.2 Å². The molecule has 0 aliphatic heterocycles. The van der Waals surface area contributed by atoms with Gasteiger partial charge >= 0.3 is 12.1 Å². The Labute approximate surface area is 207 Å². The molecule has 1 aromatic heterocycles. The number of halogens is 3. The zero-order valence-electron chi connectivity index (χ0n) is 20.3. The van der Waals surface area contributed by atoms with Crippen LogP contribution < -0.4 is 0 Å². The lowest BCUT2D eigenvalue weighted by atomic mass is 9.72. The Kier molecular flexibility index (Phi) is 8.65.